The molecule has 11 heteroatoms. The minimum Gasteiger partial charge on any atom is -0.756 e. The zero-order valence-electron chi connectivity index (χ0n) is 37.3. The molecule has 0 rings (SSSR count). The summed E-state index contributed by atoms with van der Waals surface area (Å²) in [6.07, 6.45) is 48.6. The number of allylic oxidation sites excluding steroid dienone is 16. The van der Waals surface area contributed by atoms with Crippen molar-refractivity contribution < 1.29 is 47.2 Å². The van der Waals surface area contributed by atoms with Crippen molar-refractivity contribution in [3.05, 3.63) is 97.2 Å². The van der Waals surface area contributed by atoms with E-state index in [1.807, 2.05) is 34.1 Å². The zero-order chi connectivity index (χ0) is 43.7. The number of aliphatic hydroxyl groups is 1. The van der Waals surface area contributed by atoms with Crippen LogP contribution in [-0.4, -0.2) is 81.2 Å². The van der Waals surface area contributed by atoms with E-state index in [1.165, 1.54) is 0 Å². The largest absolute Gasteiger partial charge is 0.756 e. The van der Waals surface area contributed by atoms with E-state index in [0.29, 0.717) is 30.3 Å². The van der Waals surface area contributed by atoms with Crippen LogP contribution in [0.5, 0.6) is 0 Å². The number of carbonyl (C=O) groups excluding carboxylic acids is 2. The highest BCUT2D eigenvalue weighted by Gasteiger charge is 2.21. The maximum absolute atomic E-state index is 12.7. The monoisotopic (exact) mass is 846 g/mol. The Balaban J connectivity index is 4.52. The number of unbranched alkanes of at least 4 members (excludes halogenated alkanes) is 6. The molecule has 0 aromatic heterocycles. The summed E-state index contributed by atoms with van der Waals surface area (Å²) in [5.41, 5.74) is 0. The molecule has 10 nitrogen and oxygen atoms in total. The Morgan fingerprint density at radius 2 is 1.07 bits per heavy atom. The molecule has 0 aliphatic heterocycles. The van der Waals surface area contributed by atoms with Crippen LogP contribution in [0.15, 0.2) is 97.2 Å². The molecule has 0 fully saturated rings. The minimum absolute atomic E-state index is 0.0557. The van der Waals surface area contributed by atoms with Crippen molar-refractivity contribution in [1.82, 2.24) is 0 Å². The first-order chi connectivity index (χ1) is 28.3. The second-order valence-corrected chi connectivity index (χ2v) is 17.0. The third kappa shape index (κ3) is 44.3. The molecule has 0 aromatic carbocycles. The molecule has 0 aromatic rings. The van der Waals surface area contributed by atoms with Crippen molar-refractivity contribution in [2.75, 3.05) is 47.5 Å². The lowest BCUT2D eigenvalue weighted by atomic mass is 10.1. The molecule has 59 heavy (non-hydrogen) atoms. The number of hydrogen-bond donors (Lipinski definition) is 1. The number of carbonyl (C=O) groups is 2. The minimum atomic E-state index is -4.66. The van der Waals surface area contributed by atoms with Crippen LogP contribution in [0.1, 0.15) is 136 Å². The van der Waals surface area contributed by atoms with Gasteiger partial charge in [-0.25, -0.2) is 0 Å². The molecular formula is C48H80NO9P. The highest BCUT2D eigenvalue weighted by atomic mass is 31.2. The smallest absolute Gasteiger partial charge is 0.306 e. The Morgan fingerprint density at radius 3 is 1.58 bits per heavy atom. The normalized spacial score (nSPS) is 15.0. The second kappa shape index (κ2) is 39.1. The van der Waals surface area contributed by atoms with Gasteiger partial charge in [0.15, 0.2) is 6.10 Å². The van der Waals surface area contributed by atoms with E-state index in [0.717, 1.165) is 89.9 Å². The van der Waals surface area contributed by atoms with E-state index in [4.69, 9.17) is 18.5 Å². The molecule has 0 aliphatic rings. The van der Waals surface area contributed by atoms with Crippen molar-refractivity contribution in [3.63, 3.8) is 0 Å². The van der Waals surface area contributed by atoms with E-state index in [-0.39, 0.29) is 32.2 Å². The van der Waals surface area contributed by atoms with Crippen LogP contribution in [0, 0.1) is 0 Å². The number of aliphatic hydroxyl groups excluding tert-OH is 1. The SMILES string of the molecule is CC/C=C\C/C=C\C/C=C\C/C=C\CCCCCCC(=O)O[C@H](COC(=O)CCC/C=C\C/C=C\C/C=C\C/C=C\CCC[C@@H](C)O)COP(=O)([O-])OCC[N+](C)(C)C. The van der Waals surface area contributed by atoms with Gasteiger partial charge in [0.1, 0.15) is 19.8 Å². The van der Waals surface area contributed by atoms with Crippen molar-refractivity contribution in [2.45, 2.75) is 148 Å². The van der Waals surface area contributed by atoms with Gasteiger partial charge in [0.05, 0.1) is 33.9 Å². The third-order valence-electron chi connectivity index (χ3n) is 8.61. The van der Waals surface area contributed by atoms with Gasteiger partial charge in [0.25, 0.3) is 7.82 Å². The van der Waals surface area contributed by atoms with E-state index < -0.39 is 32.5 Å². The van der Waals surface area contributed by atoms with Gasteiger partial charge in [-0.05, 0) is 103 Å². The molecular weight excluding hydrogens is 766 g/mol. The first kappa shape index (κ1) is 55.9. The molecule has 336 valence electrons. The van der Waals surface area contributed by atoms with Crippen molar-refractivity contribution in [2.24, 2.45) is 0 Å². The highest BCUT2D eigenvalue weighted by molar-refractivity contribution is 7.45. The molecule has 0 saturated heterocycles. The Kier molecular flexibility index (Phi) is 37.0. The zero-order valence-corrected chi connectivity index (χ0v) is 38.2. The van der Waals surface area contributed by atoms with Gasteiger partial charge in [0, 0.05) is 12.8 Å². The Bertz CT molecular complexity index is 1340. The number of rotatable bonds is 38. The van der Waals surface area contributed by atoms with Crippen molar-refractivity contribution in [1.29, 1.82) is 0 Å². The lowest BCUT2D eigenvalue weighted by molar-refractivity contribution is -0.870. The van der Waals surface area contributed by atoms with Crippen LogP contribution in [0.2, 0.25) is 0 Å². The summed E-state index contributed by atoms with van der Waals surface area (Å²) >= 11 is 0. The fourth-order valence-corrected chi connectivity index (χ4v) is 5.91. The number of phosphoric ester groups is 1. The Morgan fingerprint density at radius 1 is 0.610 bits per heavy atom. The summed E-state index contributed by atoms with van der Waals surface area (Å²) < 4.78 is 33.8. The number of esters is 2. The first-order valence-electron chi connectivity index (χ1n) is 22.0. The standard InChI is InChI=1S/C48H80NO9P/c1-6-7-8-9-10-11-12-13-14-15-18-22-25-28-31-34-37-40-48(52)58-46(44-57-59(53,54)56-42-41-49(3,4)5)43-55-47(51)39-36-33-30-27-24-21-19-16-17-20-23-26-29-32-35-38-45(2)50/h7-8,10-11,13-14,17-22,26-27,29-30,45-46,50H,6,9,12,15-16,23-25,28,31-44H2,1-5H3/b8-7-,11-10-,14-13-,20-17-,21-19-,22-18-,29-26-,30-27-/t45-,46-/m1/s1. The quantitative estimate of drug-likeness (QED) is 0.0212. The third-order valence-corrected chi connectivity index (χ3v) is 9.57. The summed E-state index contributed by atoms with van der Waals surface area (Å²) in [7, 11) is 1.08. The molecule has 0 spiro atoms. The van der Waals surface area contributed by atoms with E-state index in [9.17, 15) is 24.2 Å². The van der Waals surface area contributed by atoms with E-state index >= 15 is 0 Å². The molecule has 1 unspecified atom stereocenters. The maximum atomic E-state index is 12.7. The summed E-state index contributed by atoms with van der Waals surface area (Å²) in [6, 6.07) is 0. The number of phosphoric acid groups is 1. The fraction of sp³-hybridized carbons (Fsp3) is 0.625. The van der Waals surface area contributed by atoms with Gasteiger partial charge in [-0.3, -0.25) is 14.2 Å². The van der Waals surface area contributed by atoms with Gasteiger partial charge in [-0.1, -0.05) is 117 Å². The van der Waals surface area contributed by atoms with E-state index in [1.54, 1.807) is 0 Å². The van der Waals surface area contributed by atoms with Crippen LogP contribution in [0.3, 0.4) is 0 Å². The Labute approximate surface area is 358 Å². The second-order valence-electron chi connectivity index (χ2n) is 15.6. The van der Waals surface area contributed by atoms with Gasteiger partial charge in [-0.15, -0.1) is 0 Å². The van der Waals surface area contributed by atoms with E-state index in [2.05, 4.69) is 98.1 Å². The Hall–Kier alpha value is -3.11. The number of nitrogens with zero attached hydrogens (tertiary/aromatic N) is 1. The average Bonchev–Trinajstić information content (AvgIpc) is 3.17. The summed E-state index contributed by atoms with van der Waals surface area (Å²) in [5.74, 6) is -0.956. The van der Waals surface area contributed by atoms with Gasteiger partial charge >= 0.3 is 11.9 Å². The number of ether oxygens (including phenoxy) is 2. The van der Waals surface area contributed by atoms with Crippen LogP contribution < -0.4 is 4.89 Å². The van der Waals surface area contributed by atoms with Crippen LogP contribution >= 0.6 is 7.82 Å². The fourth-order valence-electron chi connectivity index (χ4n) is 5.18. The molecule has 0 bridgehead atoms. The number of likely N-dealkylation sites (N-methyl/N-ethyl adjacent to an activating group) is 1. The summed E-state index contributed by atoms with van der Waals surface area (Å²) in [6.45, 7) is 3.53. The molecule has 0 aliphatic carbocycles. The van der Waals surface area contributed by atoms with Crippen LogP contribution in [0.25, 0.3) is 0 Å². The highest BCUT2D eigenvalue weighted by Crippen LogP contribution is 2.38. The predicted octanol–water partition coefficient (Wildman–Crippen LogP) is 10.9. The van der Waals surface area contributed by atoms with Crippen LogP contribution in [0.4, 0.5) is 0 Å². The maximum Gasteiger partial charge on any atom is 0.306 e. The predicted molar refractivity (Wildman–Crippen MR) is 241 cm³/mol. The van der Waals surface area contributed by atoms with Gasteiger partial charge in [0.2, 0.25) is 0 Å². The first-order valence-corrected chi connectivity index (χ1v) is 23.4. The van der Waals surface area contributed by atoms with Gasteiger partial charge in [-0.2, -0.15) is 0 Å². The topological polar surface area (TPSA) is 131 Å². The molecule has 0 heterocycles. The summed E-state index contributed by atoms with van der Waals surface area (Å²) in [5, 5.41) is 9.27. The lowest BCUT2D eigenvalue weighted by Gasteiger charge is -2.28. The van der Waals surface area contributed by atoms with Gasteiger partial charge < -0.3 is 33.0 Å². The van der Waals surface area contributed by atoms with Crippen molar-refractivity contribution in [3.8, 4) is 0 Å². The molecule has 3 atom stereocenters. The number of hydrogen-bond acceptors (Lipinski definition) is 9. The lowest BCUT2D eigenvalue weighted by Crippen LogP contribution is -2.37. The van der Waals surface area contributed by atoms with Crippen molar-refractivity contribution >= 4 is 19.8 Å². The van der Waals surface area contributed by atoms with Crippen LogP contribution in [-0.2, 0) is 32.7 Å². The average molecular weight is 846 g/mol. The summed E-state index contributed by atoms with van der Waals surface area (Å²) in [4.78, 5) is 37.5. The molecule has 0 saturated carbocycles. The molecule has 1 N–H and O–H groups in total. The molecule has 0 amide bonds. The molecule has 0 radical (unpaired) electrons. The number of quaternary nitrogens is 1.